The molecule has 0 aromatic rings. The van der Waals surface area contributed by atoms with Crippen LogP contribution in [0.25, 0.3) is 0 Å². The monoisotopic (exact) mass is 213 g/mol. The third kappa shape index (κ3) is 2.81. The summed E-state index contributed by atoms with van der Waals surface area (Å²) in [5.74, 6) is 1.36. The van der Waals surface area contributed by atoms with Crippen LogP contribution < -0.4 is 0 Å². The minimum absolute atomic E-state index is 0.0555. The zero-order valence-electron chi connectivity index (χ0n) is 9.03. The van der Waals surface area contributed by atoms with Gasteiger partial charge < -0.3 is 0 Å². The molecule has 0 bridgehead atoms. The molecule has 0 radical (unpaired) electrons. The lowest BCUT2D eigenvalue weighted by Crippen LogP contribution is -2.23. The van der Waals surface area contributed by atoms with Gasteiger partial charge in [0.15, 0.2) is 0 Å². The van der Waals surface area contributed by atoms with E-state index < -0.39 is 10.8 Å². The van der Waals surface area contributed by atoms with Crippen molar-refractivity contribution in [1.82, 2.24) is 0 Å². The average molecular weight is 213 g/mol. The summed E-state index contributed by atoms with van der Waals surface area (Å²) in [5.41, 5.74) is 0. The molecule has 0 spiro atoms. The first-order valence-electron chi connectivity index (χ1n) is 5.45. The predicted molar refractivity (Wildman–Crippen MR) is 59.2 cm³/mol. The molecule has 1 rings (SSSR count). The molecule has 14 heavy (non-hydrogen) atoms. The van der Waals surface area contributed by atoms with Gasteiger partial charge in [0.05, 0.1) is 17.2 Å². The highest BCUT2D eigenvalue weighted by Crippen LogP contribution is 2.30. The van der Waals surface area contributed by atoms with Crippen molar-refractivity contribution in [2.24, 2.45) is 11.8 Å². The Morgan fingerprint density at radius 2 is 2.29 bits per heavy atom. The second-order valence-electron chi connectivity index (χ2n) is 4.27. The van der Waals surface area contributed by atoms with Crippen molar-refractivity contribution < 1.29 is 4.21 Å². The Morgan fingerprint density at radius 3 is 2.86 bits per heavy atom. The van der Waals surface area contributed by atoms with Gasteiger partial charge >= 0.3 is 0 Å². The highest BCUT2D eigenvalue weighted by Gasteiger charge is 2.32. The number of rotatable bonds is 4. The fourth-order valence-electron chi connectivity index (χ4n) is 1.91. The van der Waals surface area contributed by atoms with Crippen LogP contribution in [-0.2, 0) is 10.8 Å². The first-order valence-corrected chi connectivity index (χ1v) is 6.84. The molecule has 4 unspecified atom stereocenters. The minimum atomic E-state index is -0.778. The standard InChI is InChI=1S/C11H19NOS/c1-3-9(2)8-14(13)11-6-4-5-10(11)7-12/h9-11H,3-6,8H2,1-2H3. The van der Waals surface area contributed by atoms with Crippen molar-refractivity contribution in [3.05, 3.63) is 0 Å². The Hall–Kier alpha value is -0.360. The quantitative estimate of drug-likeness (QED) is 0.720. The van der Waals surface area contributed by atoms with Crippen molar-refractivity contribution in [3.8, 4) is 6.07 Å². The average Bonchev–Trinajstić information content (AvgIpc) is 2.65. The van der Waals surface area contributed by atoms with Crippen molar-refractivity contribution in [2.75, 3.05) is 5.75 Å². The molecule has 1 fully saturated rings. The number of hydrogen-bond donors (Lipinski definition) is 0. The lowest BCUT2D eigenvalue weighted by atomic mass is 10.1. The van der Waals surface area contributed by atoms with Crippen LogP contribution in [0.3, 0.4) is 0 Å². The minimum Gasteiger partial charge on any atom is -0.259 e. The van der Waals surface area contributed by atoms with Gasteiger partial charge in [0, 0.05) is 16.6 Å². The molecule has 3 heteroatoms. The van der Waals surface area contributed by atoms with E-state index in [1.54, 1.807) is 0 Å². The van der Waals surface area contributed by atoms with Crippen molar-refractivity contribution >= 4 is 10.8 Å². The molecular formula is C11H19NOS. The van der Waals surface area contributed by atoms with E-state index in [0.717, 1.165) is 31.4 Å². The molecule has 0 heterocycles. The smallest absolute Gasteiger partial charge is 0.0668 e. The largest absolute Gasteiger partial charge is 0.259 e. The normalized spacial score (nSPS) is 30.9. The third-order valence-corrected chi connectivity index (χ3v) is 5.24. The van der Waals surface area contributed by atoms with Crippen LogP contribution in [0.2, 0.25) is 0 Å². The molecule has 4 atom stereocenters. The van der Waals surface area contributed by atoms with Gasteiger partial charge in [-0.2, -0.15) is 5.26 Å². The molecule has 2 nitrogen and oxygen atoms in total. The van der Waals surface area contributed by atoms with Crippen molar-refractivity contribution in [2.45, 2.75) is 44.8 Å². The van der Waals surface area contributed by atoms with E-state index in [4.69, 9.17) is 5.26 Å². The Balaban J connectivity index is 2.48. The second kappa shape index (κ2) is 5.50. The van der Waals surface area contributed by atoms with Crippen LogP contribution in [0.5, 0.6) is 0 Å². The molecule has 1 aliphatic carbocycles. The fraction of sp³-hybridized carbons (Fsp3) is 0.909. The van der Waals surface area contributed by atoms with Gasteiger partial charge in [0.2, 0.25) is 0 Å². The van der Waals surface area contributed by atoms with Crippen LogP contribution in [0.4, 0.5) is 0 Å². The molecule has 0 saturated heterocycles. The van der Waals surface area contributed by atoms with Gasteiger partial charge in [-0.3, -0.25) is 4.21 Å². The van der Waals surface area contributed by atoms with Crippen LogP contribution in [0.15, 0.2) is 0 Å². The topological polar surface area (TPSA) is 40.9 Å². The van der Waals surface area contributed by atoms with Gasteiger partial charge in [-0.05, 0) is 18.8 Å². The van der Waals surface area contributed by atoms with Crippen LogP contribution >= 0.6 is 0 Å². The maximum atomic E-state index is 11.9. The van der Waals surface area contributed by atoms with Gasteiger partial charge in [-0.1, -0.05) is 26.7 Å². The van der Waals surface area contributed by atoms with E-state index in [0.29, 0.717) is 5.92 Å². The maximum Gasteiger partial charge on any atom is 0.0668 e. The molecule has 80 valence electrons. The predicted octanol–water partition coefficient (Wildman–Crippen LogP) is 2.47. The highest BCUT2D eigenvalue weighted by atomic mass is 32.2. The SMILES string of the molecule is CCC(C)CS(=O)C1CCCC1C#N. The Kier molecular flexibility index (Phi) is 4.60. The van der Waals surface area contributed by atoms with Crippen LogP contribution in [0, 0.1) is 23.2 Å². The fourth-order valence-corrected chi connectivity index (χ4v) is 3.95. The van der Waals surface area contributed by atoms with Gasteiger partial charge in [-0.25, -0.2) is 0 Å². The first kappa shape index (κ1) is 11.7. The van der Waals surface area contributed by atoms with E-state index in [2.05, 4.69) is 19.9 Å². The maximum absolute atomic E-state index is 11.9. The second-order valence-corrected chi connectivity index (χ2v) is 5.97. The summed E-state index contributed by atoms with van der Waals surface area (Å²) in [6, 6.07) is 2.29. The van der Waals surface area contributed by atoms with E-state index >= 15 is 0 Å². The van der Waals surface area contributed by atoms with E-state index in [1.807, 2.05) is 0 Å². The molecule has 0 aromatic heterocycles. The Bertz CT molecular complexity index is 246. The lowest BCUT2D eigenvalue weighted by Gasteiger charge is -2.15. The van der Waals surface area contributed by atoms with Gasteiger partial charge in [-0.15, -0.1) is 0 Å². The molecule has 1 aliphatic rings. The molecule has 1 saturated carbocycles. The van der Waals surface area contributed by atoms with Crippen LogP contribution in [0.1, 0.15) is 39.5 Å². The Morgan fingerprint density at radius 1 is 1.57 bits per heavy atom. The molecule has 0 aliphatic heterocycles. The lowest BCUT2D eigenvalue weighted by molar-refractivity contribution is 0.599. The van der Waals surface area contributed by atoms with Crippen molar-refractivity contribution in [3.63, 3.8) is 0 Å². The zero-order valence-corrected chi connectivity index (χ0v) is 9.85. The number of nitriles is 1. The Labute approximate surface area is 89.1 Å². The van der Waals surface area contributed by atoms with Gasteiger partial charge in [0.25, 0.3) is 0 Å². The van der Waals surface area contributed by atoms with Gasteiger partial charge in [0.1, 0.15) is 0 Å². The third-order valence-electron chi connectivity index (χ3n) is 3.10. The molecule has 0 amide bonds. The zero-order chi connectivity index (χ0) is 10.6. The summed E-state index contributed by atoms with van der Waals surface area (Å²) < 4.78 is 11.9. The van der Waals surface area contributed by atoms with Crippen LogP contribution in [-0.4, -0.2) is 15.2 Å². The summed E-state index contributed by atoms with van der Waals surface area (Å²) in [6.45, 7) is 4.26. The first-order chi connectivity index (χ1) is 6.69. The molecular weight excluding hydrogens is 194 g/mol. The molecule has 0 N–H and O–H groups in total. The van der Waals surface area contributed by atoms with E-state index in [1.165, 1.54) is 0 Å². The highest BCUT2D eigenvalue weighted by molar-refractivity contribution is 7.85. The van der Waals surface area contributed by atoms with Crippen molar-refractivity contribution in [1.29, 1.82) is 5.26 Å². The molecule has 0 aromatic carbocycles. The van der Waals surface area contributed by atoms with E-state index in [9.17, 15) is 4.21 Å². The van der Waals surface area contributed by atoms with E-state index in [-0.39, 0.29) is 11.2 Å². The summed E-state index contributed by atoms with van der Waals surface area (Å²) >= 11 is 0. The summed E-state index contributed by atoms with van der Waals surface area (Å²) in [7, 11) is -0.778. The summed E-state index contributed by atoms with van der Waals surface area (Å²) in [5, 5.41) is 9.05. The summed E-state index contributed by atoms with van der Waals surface area (Å²) in [6.07, 6.45) is 4.10. The summed E-state index contributed by atoms with van der Waals surface area (Å²) in [4.78, 5) is 0. The number of hydrogen-bond acceptors (Lipinski definition) is 2. The number of nitrogens with zero attached hydrogens (tertiary/aromatic N) is 1.